The van der Waals surface area contributed by atoms with Gasteiger partial charge >= 0.3 is 0 Å². The summed E-state index contributed by atoms with van der Waals surface area (Å²) in [4.78, 5) is 0. The van der Waals surface area contributed by atoms with Gasteiger partial charge in [-0.15, -0.1) is 0 Å². The van der Waals surface area contributed by atoms with Crippen molar-refractivity contribution < 1.29 is 9.47 Å². The fourth-order valence-corrected chi connectivity index (χ4v) is 2.66. The van der Waals surface area contributed by atoms with Gasteiger partial charge in [-0.2, -0.15) is 0 Å². The van der Waals surface area contributed by atoms with Crippen molar-refractivity contribution in [3.63, 3.8) is 0 Å². The molecule has 1 spiro atoms. The predicted molar refractivity (Wildman–Crippen MR) is 50.5 cm³/mol. The minimum absolute atomic E-state index is 0.258. The molecule has 1 aliphatic carbocycles. The topological polar surface area (TPSA) is 44.5 Å². The zero-order chi connectivity index (χ0) is 9.31. The third kappa shape index (κ3) is 1.39. The molecule has 0 aromatic carbocycles. The van der Waals surface area contributed by atoms with Crippen molar-refractivity contribution in [2.24, 2.45) is 11.1 Å². The molecule has 1 heterocycles. The summed E-state index contributed by atoms with van der Waals surface area (Å²) in [7, 11) is 0. The molecule has 13 heavy (non-hydrogen) atoms. The molecule has 0 aromatic heterocycles. The molecule has 2 fully saturated rings. The van der Waals surface area contributed by atoms with Crippen LogP contribution in [0.2, 0.25) is 0 Å². The van der Waals surface area contributed by atoms with E-state index in [0.29, 0.717) is 12.1 Å². The Morgan fingerprint density at radius 3 is 2.69 bits per heavy atom. The summed E-state index contributed by atoms with van der Waals surface area (Å²) in [6.45, 7) is 4.57. The van der Waals surface area contributed by atoms with Crippen molar-refractivity contribution in [1.82, 2.24) is 0 Å². The number of nitrogens with two attached hydrogens (primary N) is 1. The lowest BCUT2D eigenvalue weighted by Crippen LogP contribution is -2.64. The normalized spacial score (nSPS) is 37.4. The lowest BCUT2D eigenvalue weighted by Gasteiger charge is -2.55. The van der Waals surface area contributed by atoms with Gasteiger partial charge in [0.2, 0.25) is 0 Å². The maximum Gasteiger partial charge on any atom is 0.0662 e. The van der Waals surface area contributed by atoms with Crippen molar-refractivity contribution in [3.8, 4) is 0 Å². The highest BCUT2D eigenvalue weighted by molar-refractivity contribution is 5.07. The molecule has 1 saturated carbocycles. The molecular formula is C10H19NO2. The van der Waals surface area contributed by atoms with E-state index in [1.165, 1.54) is 0 Å². The first-order valence-corrected chi connectivity index (χ1v) is 5.24. The molecule has 3 heteroatoms. The van der Waals surface area contributed by atoms with E-state index < -0.39 is 0 Å². The minimum Gasteiger partial charge on any atom is -0.381 e. The maximum absolute atomic E-state index is 6.07. The molecule has 1 aliphatic heterocycles. The van der Waals surface area contributed by atoms with Crippen molar-refractivity contribution in [2.45, 2.75) is 38.3 Å². The van der Waals surface area contributed by atoms with Gasteiger partial charge in [-0.1, -0.05) is 0 Å². The largest absolute Gasteiger partial charge is 0.381 e. The SMILES string of the molecule is CCO[C@H]1C[C@@H](N)C12CCOCC2. The number of hydrogen-bond acceptors (Lipinski definition) is 3. The first kappa shape index (κ1) is 9.44. The van der Waals surface area contributed by atoms with Crippen LogP contribution in [-0.4, -0.2) is 32.0 Å². The van der Waals surface area contributed by atoms with E-state index in [9.17, 15) is 0 Å². The van der Waals surface area contributed by atoms with E-state index in [1.807, 2.05) is 0 Å². The summed E-state index contributed by atoms with van der Waals surface area (Å²) < 4.78 is 11.1. The van der Waals surface area contributed by atoms with E-state index in [-0.39, 0.29) is 5.41 Å². The zero-order valence-electron chi connectivity index (χ0n) is 8.29. The number of ether oxygens (including phenoxy) is 2. The van der Waals surface area contributed by atoms with Crippen LogP contribution >= 0.6 is 0 Å². The Morgan fingerprint density at radius 1 is 1.46 bits per heavy atom. The highest BCUT2D eigenvalue weighted by atomic mass is 16.5. The van der Waals surface area contributed by atoms with Gasteiger partial charge in [0.25, 0.3) is 0 Å². The highest BCUT2D eigenvalue weighted by Gasteiger charge is 2.54. The summed E-state index contributed by atoms with van der Waals surface area (Å²) in [5, 5.41) is 0. The Kier molecular flexibility index (Phi) is 2.58. The first-order valence-electron chi connectivity index (χ1n) is 5.24. The van der Waals surface area contributed by atoms with E-state index >= 15 is 0 Å². The molecule has 76 valence electrons. The average molecular weight is 185 g/mol. The second-order valence-electron chi connectivity index (χ2n) is 4.13. The van der Waals surface area contributed by atoms with Gasteiger partial charge in [-0.25, -0.2) is 0 Å². The van der Waals surface area contributed by atoms with Gasteiger partial charge in [-0.05, 0) is 26.2 Å². The summed E-state index contributed by atoms with van der Waals surface area (Å²) in [6, 6.07) is 0.341. The summed E-state index contributed by atoms with van der Waals surface area (Å²) in [6.07, 6.45) is 3.60. The summed E-state index contributed by atoms with van der Waals surface area (Å²) in [5.41, 5.74) is 6.33. The molecule has 2 N–H and O–H groups in total. The van der Waals surface area contributed by atoms with Crippen LogP contribution in [-0.2, 0) is 9.47 Å². The first-order chi connectivity index (χ1) is 6.29. The fraction of sp³-hybridized carbons (Fsp3) is 1.00. The Hall–Kier alpha value is -0.120. The monoisotopic (exact) mass is 185 g/mol. The van der Waals surface area contributed by atoms with E-state index in [4.69, 9.17) is 15.2 Å². The smallest absolute Gasteiger partial charge is 0.0662 e. The lowest BCUT2D eigenvalue weighted by atomic mass is 9.58. The standard InChI is InChI=1S/C10H19NO2/c1-2-13-9-7-8(11)10(9)3-5-12-6-4-10/h8-9H,2-7,11H2,1H3/t8-,9+/m1/s1. The van der Waals surface area contributed by atoms with Crippen molar-refractivity contribution in [2.75, 3.05) is 19.8 Å². The molecule has 0 bridgehead atoms. The van der Waals surface area contributed by atoms with Crippen LogP contribution in [0.3, 0.4) is 0 Å². The molecule has 1 saturated heterocycles. The van der Waals surface area contributed by atoms with Gasteiger partial charge in [0.15, 0.2) is 0 Å². The number of hydrogen-bond donors (Lipinski definition) is 1. The Bertz CT molecular complexity index is 176. The van der Waals surface area contributed by atoms with E-state index in [1.54, 1.807) is 0 Å². The molecule has 0 aromatic rings. The van der Waals surface area contributed by atoms with Crippen molar-refractivity contribution in [3.05, 3.63) is 0 Å². The second-order valence-corrected chi connectivity index (χ2v) is 4.13. The molecule has 0 amide bonds. The van der Waals surface area contributed by atoms with Crippen LogP contribution in [0.1, 0.15) is 26.2 Å². The van der Waals surface area contributed by atoms with Crippen molar-refractivity contribution >= 4 is 0 Å². The van der Waals surface area contributed by atoms with Crippen LogP contribution in [0.5, 0.6) is 0 Å². The lowest BCUT2D eigenvalue weighted by molar-refractivity contribution is -0.164. The molecule has 2 atom stereocenters. The van der Waals surface area contributed by atoms with Crippen molar-refractivity contribution in [1.29, 1.82) is 0 Å². The highest BCUT2D eigenvalue weighted by Crippen LogP contribution is 2.49. The van der Waals surface area contributed by atoms with Gasteiger partial charge in [0.1, 0.15) is 0 Å². The van der Waals surface area contributed by atoms with Gasteiger partial charge < -0.3 is 15.2 Å². The molecule has 0 unspecified atom stereocenters. The molecule has 3 nitrogen and oxygen atoms in total. The third-order valence-corrected chi connectivity index (χ3v) is 3.64. The average Bonchev–Trinajstić information content (AvgIpc) is 2.19. The third-order valence-electron chi connectivity index (χ3n) is 3.64. The van der Waals surface area contributed by atoms with E-state index in [0.717, 1.165) is 39.1 Å². The van der Waals surface area contributed by atoms with Gasteiger partial charge in [-0.3, -0.25) is 0 Å². The fourth-order valence-electron chi connectivity index (χ4n) is 2.66. The minimum atomic E-state index is 0.258. The number of rotatable bonds is 2. The quantitative estimate of drug-likeness (QED) is 0.695. The van der Waals surface area contributed by atoms with Crippen LogP contribution in [0.25, 0.3) is 0 Å². The molecule has 2 aliphatic rings. The predicted octanol–water partition coefficient (Wildman–Crippen LogP) is 0.919. The van der Waals surface area contributed by atoms with E-state index in [2.05, 4.69) is 6.92 Å². The maximum atomic E-state index is 6.07. The van der Waals surface area contributed by atoms with Gasteiger partial charge in [0, 0.05) is 31.3 Å². The van der Waals surface area contributed by atoms with Crippen LogP contribution in [0, 0.1) is 5.41 Å². The molecular weight excluding hydrogens is 166 g/mol. The molecule has 0 radical (unpaired) electrons. The Labute approximate surface area is 79.6 Å². The van der Waals surface area contributed by atoms with Crippen LogP contribution in [0.4, 0.5) is 0 Å². The molecule has 2 rings (SSSR count). The zero-order valence-corrected chi connectivity index (χ0v) is 8.29. The summed E-state index contributed by atoms with van der Waals surface area (Å²) >= 11 is 0. The van der Waals surface area contributed by atoms with Crippen LogP contribution < -0.4 is 5.73 Å². The Balaban J connectivity index is 1.99. The Morgan fingerprint density at radius 2 is 2.15 bits per heavy atom. The summed E-state index contributed by atoms with van der Waals surface area (Å²) in [5.74, 6) is 0. The second kappa shape index (κ2) is 3.56. The van der Waals surface area contributed by atoms with Gasteiger partial charge in [0.05, 0.1) is 6.10 Å². The van der Waals surface area contributed by atoms with Crippen LogP contribution in [0.15, 0.2) is 0 Å².